The Morgan fingerprint density at radius 2 is 1.77 bits per heavy atom. The van der Waals surface area contributed by atoms with Crippen LogP contribution in [0.4, 0.5) is 4.39 Å². The van der Waals surface area contributed by atoms with Gasteiger partial charge in [0.05, 0.1) is 12.2 Å². The van der Waals surface area contributed by atoms with Gasteiger partial charge in [-0.25, -0.2) is 19.0 Å². The summed E-state index contributed by atoms with van der Waals surface area (Å²) in [5.74, 6) is 0.487. The van der Waals surface area contributed by atoms with Crippen molar-refractivity contribution in [1.29, 1.82) is 0 Å². The third-order valence-electron chi connectivity index (χ3n) is 3.76. The second-order valence-corrected chi connectivity index (χ2v) is 5.68. The molecule has 6 nitrogen and oxygen atoms in total. The van der Waals surface area contributed by atoms with Crippen LogP contribution >= 0.6 is 0 Å². The summed E-state index contributed by atoms with van der Waals surface area (Å²) in [4.78, 5) is 8.54. The van der Waals surface area contributed by atoms with Crippen molar-refractivity contribution < 1.29 is 4.39 Å². The zero-order chi connectivity index (χ0) is 18.2. The average molecular weight is 352 g/mol. The van der Waals surface area contributed by atoms with Gasteiger partial charge in [0.1, 0.15) is 18.5 Å². The first-order valence-electron chi connectivity index (χ1n) is 8.45. The second kappa shape index (κ2) is 8.75. The molecule has 0 aliphatic carbocycles. The van der Waals surface area contributed by atoms with Gasteiger partial charge in [0, 0.05) is 13.1 Å². The second-order valence-electron chi connectivity index (χ2n) is 5.68. The molecule has 0 bridgehead atoms. The molecule has 3 aromatic rings. The zero-order valence-corrected chi connectivity index (χ0v) is 14.6. The molecule has 26 heavy (non-hydrogen) atoms. The summed E-state index contributed by atoms with van der Waals surface area (Å²) < 4.78 is 14.7. The minimum absolute atomic E-state index is 0.233. The van der Waals surface area contributed by atoms with Crippen molar-refractivity contribution in [3.8, 4) is 5.69 Å². The highest BCUT2D eigenvalue weighted by molar-refractivity contribution is 5.79. The number of hydrogen-bond donors (Lipinski definition) is 2. The minimum Gasteiger partial charge on any atom is -0.357 e. The van der Waals surface area contributed by atoms with Crippen LogP contribution in [0, 0.1) is 5.82 Å². The van der Waals surface area contributed by atoms with Gasteiger partial charge in [0.15, 0.2) is 5.96 Å². The lowest BCUT2D eigenvalue weighted by molar-refractivity contribution is 0.626. The summed E-state index contributed by atoms with van der Waals surface area (Å²) in [5, 5.41) is 10.6. The van der Waals surface area contributed by atoms with Gasteiger partial charge in [-0.3, -0.25) is 0 Å². The molecule has 2 aromatic carbocycles. The molecule has 0 saturated heterocycles. The number of hydrogen-bond acceptors (Lipinski definition) is 3. The number of nitrogens with one attached hydrogen (secondary N) is 2. The Balaban J connectivity index is 1.60. The third-order valence-corrected chi connectivity index (χ3v) is 3.76. The maximum absolute atomic E-state index is 13.0. The van der Waals surface area contributed by atoms with Gasteiger partial charge in [0.2, 0.25) is 0 Å². The first kappa shape index (κ1) is 17.6. The van der Waals surface area contributed by atoms with E-state index in [1.807, 2.05) is 31.2 Å². The summed E-state index contributed by atoms with van der Waals surface area (Å²) >= 11 is 0. The van der Waals surface area contributed by atoms with E-state index in [-0.39, 0.29) is 5.82 Å². The molecule has 0 fully saturated rings. The summed E-state index contributed by atoms with van der Waals surface area (Å²) in [6, 6.07) is 14.4. The number of halogens is 1. The molecule has 2 N–H and O–H groups in total. The molecule has 134 valence electrons. The van der Waals surface area contributed by atoms with Crippen LogP contribution < -0.4 is 10.6 Å². The van der Waals surface area contributed by atoms with E-state index in [2.05, 4.69) is 25.7 Å². The van der Waals surface area contributed by atoms with Gasteiger partial charge >= 0.3 is 0 Å². The van der Waals surface area contributed by atoms with Crippen LogP contribution in [0.25, 0.3) is 5.69 Å². The number of aliphatic imine (C=N–C) groups is 1. The minimum atomic E-state index is -0.233. The molecule has 0 aliphatic rings. The van der Waals surface area contributed by atoms with Gasteiger partial charge in [-0.05, 0) is 42.3 Å². The molecule has 0 saturated carbocycles. The Labute approximate surface area is 151 Å². The quantitative estimate of drug-likeness (QED) is 0.529. The lowest BCUT2D eigenvalue weighted by Gasteiger charge is -2.11. The van der Waals surface area contributed by atoms with Crippen LogP contribution in [0.2, 0.25) is 0 Å². The van der Waals surface area contributed by atoms with Crippen molar-refractivity contribution in [2.45, 2.75) is 20.0 Å². The van der Waals surface area contributed by atoms with E-state index in [0.717, 1.165) is 29.3 Å². The van der Waals surface area contributed by atoms with E-state index in [1.165, 1.54) is 18.5 Å². The Hall–Kier alpha value is -3.22. The highest BCUT2D eigenvalue weighted by Gasteiger charge is 2.01. The summed E-state index contributed by atoms with van der Waals surface area (Å²) in [5.41, 5.74) is 3.04. The molecule has 0 aliphatic heterocycles. The Morgan fingerprint density at radius 1 is 1.04 bits per heavy atom. The molecule has 1 heterocycles. The fourth-order valence-corrected chi connectivity index (χ4v) is 2.40. The lowest BCUT2D eigenvalue weighted by Crippen LogP contribution is -2.36. The smallest absolute Gasteiger partial charge is 0.191 e. The predicted octanol–water partition coefficient (Wildman–Crippen LogP) is 2.66. The Bertz CT molecular complexity index is 825. The molecule has 3 rings (SSSR count). The normalized spacial score (nSPS) is 11.4. The van der Waals surface area contributed by atoms with E-state index in [9.17, 15) is 4.39 Å². The van der Waals surface area contributed by atoms with Gasteiger partial charge in [-0.15, -0.1) is 0 Å². The van der Waals surface area contributed by atoms with E-state index in [1.54, 1.807) is 23.1 Å². The molecule has 0 radical (unpaired) electrons. The highest BCUT2D eigenvalue weighted by Crippen LogP contribution is 2.09. The summed E-state index contributed by atoms with van der Waals surface area (Å²) in [6.07, 6.45) is 3.17. The van der Waals surface area contributed by atoms with Crippen LogP contribution in [0.3, 0.4) is 0 Å². The monoisotopic (exact) mass is 352 g/mol. The topological polar surface area (TPSA) is 67.1 Å². The van der Waals surface area contributed by atoms with Crippen LogP contribution in [-0.4, -0.2) is 27.3 Å². The zero-order valence-electron chi connectivity index (χ0n) is 14.6. The largest absolute Gasteiger partial charge is 0.357 e. The van der Waals surface area contributed by atoms with Gasteiger partial charge in [-0.2, -0.15) is 5.10 Å². The molecule has 7 heteroatoms. The van der Waals surface area contributed by atoms with Crippen molar-refractivity contribution in [3.05, 3.63) is 78.1 Å². The van der Waals surface area contributed by atoms with Gasteiger partial charge in [-0.1, -0.05) is 24.3 Å². The molecule has 1 aromatic heterocycles. The number of benzene rings is 2. The van der Waals surface area contributed by atoms with E-state index in [4.69, 9.17) is 0 Å². The summed E-state index contributed by atoms with van der Waals surface area (Å²) in [7, 11) is 0. The van der Waals surface area contributed by atoms with Crippen molar-refractivity contribution in [2.75, 3.05) is 6.54 Å². The van der Waals surface area contributed by atoms with Crippen molar-refractivity contribution >= 4 is 5.96 Å². The lowest BCUT2D eigenvalue weighted by atomic mass is 10.2. The summed E-state index contributed by atoms with van der Waals surface area (Å²) in [6.45, 7) is 3.91. The van der Waals surface area contributed by atoms with Crippen LogP contribution in [0.1, 0.15) is 18.1 Å². The first-order chi connectivity index (χ1) is 12.7. The van der Waals surface area contributed by atoms with Crippen molar-refractivity contribution in [1.82, 2.24) is 25.4 Å². The Kier molecular flexibility index (Phi) is 5.92. The first-order valence-corrected chi connectivity index (χ1v) is 8.45. The fourth-order valence-electron chi connectivity index (χ4n) is 2.40. The van der Waals surface area contributed by atoms with Crippen LogP contribution in [-0.2, 0) is 13.1 Å². The van der Waals surface area contributed by atoms with Crippen LogP contribution in [0.15, 0.2) is 66.2 Å². The molecule has 0 amide bonds. The molecular weight excluding hydrogens is 331 g/mol. The SMILES string of the molecule is CCNC(=NCc1ccc(-n2cncn2)cc1)NCc1ccc(F)cc1. The number of rotatable bonds is 6. The maximum atomic E-state index is 13.0. The van der Waals surface area contributed by atoms with E-state index < -0.39 is 0 Å². The highest BCUT2D eigenvalue weighted by atomic mass is 19.1. The number of nitrogens with zero attached hydrogens (tertiary/aromatic N) is 4. The van der Waals surface area contributed by atoms with Crippen molar-refractivity contribution in [3.63, 3.8) is 0 Å². The van der Waals surface area contributed by atoms with Gasteiger partial charge in [0.25, 0.3) is 0 Å². The third kappa shape index (κ3) is 4.89. The molecule has 0 atom stereocenters. The fraction of sp³-hybridized carbons (Fsp3) is 0.211. The van der Waals surface area contributed by atoms with E-state index >= 15 is 0 Å². The predicted molar refractivity (Wildman–Crippen MR) is 99.4 cm³/mol. The average Bonchev–Trinajstić information content (AvgIpc) is 3.20. The number of aromatic nitrogens is 3. The number of guanidine groups is 1. The standard InChI is InChI=1S/C19H21FN6/c1-2-22-19(23-11-15-3-7-17(20)8-4-15)24-12-16-5-9-18(10-6-16)26-14-21-13-25-26/h3-10,13-14H,2,11-12H2,1H3,(H2,22,23,24). The molecular formula is C19H21FN6. The van der Waals surface area contributed by atoms with Crippen molar-refractivity contribution in [2.24, 2.45) is 4.99 Å². The Morgan fingerprint density at radius 3 is 2.42 bits per heavy atom. The maximum Gasteiger partial charge on any atom is 0.191 e. The van der Waals surface area contributed by atoms with E-state index in [0.29, 0.717) is 13.1 Å². The van der Waals surface area contributed by atoms with Crippen LogP contribution in [0.5, 0.6) is 0 Å². The molecule has 0 spiro atoms. The van der Waals surface area contributed by atoms with Gasteiger partial charge < -0.3 is 10.6 Å². The molecule has 0 unspecified atom stereocenters.